The Labute approximate surface area is 184 Å². The first-order chi connectivity index (χ1) is 15.1. The van der Waals surface area contributed by atoms with Gasteiger partial charge in [0, 0.05) is 0 Å². The molecule has 0 bridgehead atoms. The summed E-state index contributed by atoms with van der Waals surface area (Å²) in [5.74, 6) is 1.09. The Kier molecular flexibility index (Phi) is 5.08. The lowest BCUT2D eigenvalue weighted by molar-refractivity contribution is -0.127. The molecule has 4 aromatic rings. The van der Waals surface area contributed by atoms with Crippen LogP contribution in [-0.2, 0) is 11.3 Å². The number of rotatable bonds is 4. The van der Waals surface area contributed by atoms with Gasteiger partial charge in [0.1, 0.15) is 6.61 Å². The number of anilines is 1. The standard InChI is InChI=1S/C25H22N2O3S/c1-16-12-13-17(2)23-22(16)26-25(31-23)27(14-18-8-4-3-5-9-18)24(28)21-15-29-19-10-6-7-11-20(19)30-21/h3-13,21H,14-15H2,1-2H3. The van der Waals surface area contributed by atoms with Gasteiger partial charge in [0.2, 0.25) is 6.10 Å². The Morgan fingerprint density at radius 3 is 2.48 bits per heavy atom. The fraction of sp³-hybridized carbons (Fsp3) is 0.200. The molecule has 1 unspecified atom stereocenters. The van der Waals surface area contributed by atoms with Crippen molar-refractivity contribution in [2.24, 2.45) is 0 Å². The van der Waals surface area contributed by atoms with E-state index in [-0.39, 0.29) is 12.5 Å². The molecule has 1 aliphatic heterocycles. The molecule has 0 spiro atoms. The van der Waals surface area contributed by atoms with Crippen LogP contribution in [0, 0.1) is 13.8 Å². The van der Waals surface area contributed by atoms with Gasteiger partial charge in [-0.15, -0.1) is 0 Å². The van der Waals surface area contributed by atoms with Gasteiger partial charge in [-0.2, -0.15) is 0 Å². The summed E-state index contributed by atoms with van der Waals surface area (Å²) in [4.78, 5) is 20.2. The number of ether oxygens (including phenoxy) is 2. The second-order valence-electron chi connectivity index (χ2n) is 7.65. The van der Waals surface area contributed by atoms with Gasteiger partial charge in [0.05, 0.1) is 16.8 Å². The normalized spacial score (nSPS) is 15.1. The summed E-state index contributed by atoms with van der Waals surface area (Å²) in [5, 5.41) is 0.670. The molecular weight excluding hydrogens is 408 g/mol. The van der Waals surface area contributed by atoms with Gasteiger partial charge in [-0.1, -0.05) is 65.9 Å². The molecular formula is C25H22N2O3S. The minimum atomic E-state index is -0.729. The minimum absolute atomic E-state index is 0.160. The smallest absolute Gasteiger partial charge is 0.273 e. The predicted molar refractivity (Wildman–Crippen MR) is 123 cm³/mol. The molecule has 6 heteroatoms. The molecule has 0 N–H and O–H groups in total. The maximum atomic E-state index is 13.6. The quantitative estimate of drug-likeness (QED) is 0.442. The van der Waals surface area contributed by atoms with Crippen molar-refractivity contribution in [1.29, 1.82) is 0 Å². The van der Waals surface area contributed by atoms with Gasteiger partial charge in [-0.25, -0.2) is 4.98 Å². The maximum absolute atomic E-state index is 13.6. The SMILES string of the molecule is Cc1ccc(C)c2sc(N(Cc3ccccc3)C(=O)C3COc4ccccc4O3)nc12. The highest BCUT2D eigenvalue weighted by atomic mass is 32.1. The van der Waals surface area contributed by atoms with E-state index in [1.165, 1.54) is 0 Å². The maximum Gasteiger partial charge on any atom is 0.273 e. The van der Waals surface area contributed by atoms with Crippen LogP contribution in [0.4, 0.5) is 5.13 Å². The molecule has 0 radical (unpaired) electrons. The predicted octanol–water partition coefficient (Wildman–Crippen LogP) is 5.29. The van der Waals surface area contributed by atoms with Crippen molar-refractivity contribution in [2.45, 2.75) is 26.5 Å². The lowest BCUT2D eigenvalue weighted by Gasteiger charge is -2.29. The fourth-order valence-electron chi connectivity index (χ4n) is 3.68. The van der Waals surface area contributed by atoms with Crippen LogP contribution >= 0.6 is 11.3 Å². The highest BCUT2D eigenvalue weighted by Gasteiger charge is 2.33. The second kappa shape index (κ2) is 8.04. The van der Waals surface area contributed by atoms with E-state index in [2.05, 4.69) is 19.1 Å². The molecule has 5 nitrogen and oxygen atoms in total. The van der Waals surface area contributed by atoms with Crippen molar-refractivity contribution in [3.63, 3.8) is 0 Å². The number of benzene rings is 3. The van der Waals surface area contributed by atoms with Crippen LogP contribution in [0.5, 0.6) is 11.5 Å². The van der Waals surface area contributed by atoms with E-state index < -0.39 is 6.10 Å². The largest absolute Gasteiger partial charge is 0.485 e. The highest BCUT2D eigenvalue weighted by Crippen LogP contribution is 2.36. The molecule has 0 fully saturated rings. The van der Waals surface area contributed by atoms with E-state index in [0.717, 1.165) is 26.9 Å². The molecule has 0 saturated carbocycles. The van der Waals surface area contributed by atoms with Crippen LogP contribution in [0.1, 0.15) is 16.7 Å². The molecule has 1 aromatic heterocycles. The average molecular weight is 431 g/mol. The zero-order valence-electron chi connectivity index (χ0n) is 17.4. The number of carbonyl (C=O) groups is 1. The van der Waals surface area contributed by atoms with E-state index in [0.29, 0.717) is 23.2 Å². The first-order valence-electron chi connectivity index (χ1n) is 10.2. The second-order valence-corrected chi connectivity index (χ2v) is 8.63. The topological polar surface area (TPSA) is 51.7 Å². The van der Waals surface area contributed by atoms with Crippen LogP contribution in [0.3, 0.4) is 0 Å². The summed E-state index contributed by atoms with van der Waals surface area (Å²) in [5.41, 5.74) is 4.22. The van der Waals surface area contributed by atoms with Crippen molar-refractivity contribution < 1.29 is 14.3 Å². The highest BCUT2D eigenvalue weighted by molar-refractivity contribution is 7.22. The number of aryl methyl sites for hydroxylation is 2. The Morgan fingerprint density at radius 2 is 1.71 bits per heavy atom. The summed E-state index contributed by atoms with van der Waals surface area (Å²) in [6.45, 7) is 4.70. The molecule has 1 amide bonds. The summed E-state index contributed by atoms with van der Waals surface area (Å²) < 4.78 is 12.9. The van der Waals surface area contributed by atoms with Crippen molar-refractivity contribution in [1.82, 2.24) is 4.98 Å². The van der Waals surface area contributed by atoms with Crippen molar-refractivity contribution in [3.8, 4) is 11.5 Å². The monoisotopic (exact) mass is 430 g/mol. The molecule has 1 aliphatic rings. The third kappa shape index (κ3) is 3.75. The van der Waals surface area contributed by atoms with E-state index in [1.807, 2.05) is 61.5 Å². The third-order valence-corrected chi connectivity index (χ3v) is 6.61. The molecule has 0 saturated heterocycles. The number of thiazole rings is 1. The Bertz CT molecular complexity index is 1210. The number of nitrogens with zero attached hydrogens (tertiary/aromatic N) is 2. The van der Waals surface area contributed by atoms with Gasteiger partial charge in [0.25, 0.3) is 5.91 Å². The number of amides is 1. The van der Waals surface area contributed by atoms with Crippen molar-refractivity contribution in [2.75, 3.05) is 11.5 Å². The molecule has 5 rings (SSSR count). The molecule has 1 atom stereocenters. The van der Waals surface area contributed by atoms with Gasteiger partial charge in [0.15, 0.2) is 16.6 Å². The van der Waals surface area contributed by atoms with E-state index in [4.69, 9.17) is 14.5 Å². The zero-order valence-corrected chi connectivity index (χ0v) is 18.2. The summed E-state index contributed by atoms with van der Waals surface area (Å²) in [6.07, 6.45) is -0.729. The number of para-hydroxylation sites is 2. The number of fused-ring (bicyclic) bond motifs is 2. The number of hydrogen-bond donors (Lipinski definition) is 0. The molecule has 3 aromatic carbocycles. The third-order valence-electron chi connectivity index (χ3n) is 5.40. The van der Waals surface area contributed by atoms with Gasteiger partial charge in [-0.3, -0.25) is 9.69 Å². The molecule has 31 heavy (non-hydrogen) atoms. The Hall–Kier alpha value is -3.38. The summed E-state index contributed by atoms with van der Waals surface area (Å²) >= 11 is 1.54. The van der Waals surface area contributed by atoms with Crippen molar-refractivity contribution in [3.05, 3.63) is 83.4 Å². The lowest BCUT2D eigenvalue weighted by Crippen LogP contribution is -2.46. The van der Waals surface area contributed by atoms with E-state index in [9.17, 15) is 4.79 Å². The van der Waals surface area contributed by atoms with Gasteiger partial charge >= 0.3 is 0 Å². The summed E-state index contributed by atoms with van der Waals surface area (Å²) in [6, 6.07) is 21.5. The van der Waals surface area contributed by atoms with Gasteiger partial charge in [-0.05, 0) is 42.7 Å². The number of hydrogen-bond acceptors (Lipinski definition) is 5. The zero-order chi connectivity index (χ0) is 21.4. The van der Waals surface area contributed by atoms with Crippen molar-refractivity contribution >= 4 is 32.6 Å². The number of aromatic nitrogens is 1. The molecule has 156 valence electrons. The van der Waals surface area contributed by atoms with Crippen LogP contribution in [0.15, 0.2) is 66.7 Å². The molecule has 2 heterocycles. The van der Waals surface area contributed by atoms with E-state index >= 15 is 0 Å². The van der Waals surface area contributed by atoms with Crippen LogP contribution in [0.2, 0.25) is 0 Å². The van der Waals surface area contributed by atoms with Crippen LogP contribution < -0.4 is 14.4 Å². The average Bonchev–Trinajstić information content (AvgIpc) is 3.26. The molecule has 0 aliphatic carbocycles. The van der Waals surface area contributed by atoms with Crippen LogP contribution in [0.25, 0.3) is 10.2 Å². The Balaban J connectivity index is 1.53. The lowest BCUT2D eigenvalue weighted by atomic mass is 10.1. The van der Waals surface area contributed by atoms with Crippen LogP contribution in [-0.4, -0.2) is 23.6 Å². The number of carbonyl (C=O) groups excluding carboxylic acids is 1. The van der Waals surface area contributed by atoms with Gasteiger partial charge < -0.3 is 9.47 Å². The minimum Gasteiger partial charge on any atom is -0.485 e. The van der Waals surface area contributed by atoms with E-state index in [1.54, 1.807) is 16.2 Å². The fourth-order valence-corrected chi connectivity index (χ4v) is 4.80. The first-order valence-corrected chi connectivity index (χ1v) is 11.0. The summed E-state index contributed by atoms with van der Waals surface area (Å²) in [7, 11) is 0. The Morgan fingerprint density at radius 1 is 1.00 bits per heavy atom. The first kappa shape index (κ1) is 19.6.